The number of fused-ring (bicyclic) bond motifs is 1. The van der Waals surface area contributed by atoms with Crippen LogP contribution in [0.15, 0.2) is 42.5 Å². The molecule has 2 aromatic carbocycles. The van der Waals surface area contributed by atoms with Crippen molar-refractivity contribution < 1.29 is 14.3 Å². The lowest BCUT2D eigenvalue weighted by molar-refractivity contribution is -0.125. The summed E-state index contributed by atoms with van der Waals surface area (Å²) in [5.74, 6) is 0.635. The molecule has 3 aromatic rings. The van der Waals surface area contributed by atoms with Gasteiger partial charge in [-0.2, -0.15) is 4.98 Å². The maximum Gasteiger partial charge on any atom is 0.249 e. The van der Waals surface area contributed by atoms with Crippen LogP contribution in [0.25, 0.3) is 11.4 Å². The fourth-order valence-corrected chi connectivity index (χ4v) is 3.35. The molecule has 2 N–H and O–H groups in total. The number of benzene rings is 2. The first-order valence-electron chi connectivity index (χ1n) is 8.92. The molecule has 0 saturated carbocycles. The second-order valence-corrected chi connectivity index (χ2v) is 7.08. The van der Waals surface area contributed by atoms with Gasteiger partial charge in [0.05, 0.1) is 24.2 Å². The van der Waals surface area contributed by atoms with E-state index in [0.717, 1.165) is 11.1 Å². The quantitative estimate of drug-likeness (QED) is 0.685. The number of carbonyl (C=O) groups is 2. The zero-order valence-corrected chi connectivity index (χ0v) is 16.5. The molecule has 0 aliphatic carbocycles. The van der Waals surface area contributed by atoms with Gasteiger partial charge < -0.3 is 10.1 Å². The van der Waals surface area contributed by atoms with Crippen molar-refractivity contribution in [3.05, 3.63) is 53.1 Å². The van der Waals surface area contributed by atoms with Gasteiger partial charge in [-0.15, -0.1) is 5.10 Å². The molecule has 0 bridgehead atoms. The SMILES string of the molecule is COc1ccc(-c2nc3n(n2)[C@@H](C(=O)Nc2ccc(C)cc2Cl)CC(=O)N3)cc1. The fraction of sp³-hybridized carbons (Fsp3) is 0.200. The van der Waals surface area contributed by atoms with E-state index >= 15 is 0 Å². The molecule has 1 atom stereocenters. The molecule has 2 amide bonds. The molecule has 1 aliphatic rings. The molecule has 4 rings (SSSR count). The predicted octanol–water partition coefficient (Wildman–Crippen LogP) is 3.44. The van der Waals surface area contributed by atoms with Crippen LogP contribution in [0.2, 0.25) is 5.02 Å². The predicted molar refractivity (Wildman–Crippen MR) is 109 cm³/mol. The highest BCUT2D eigenvalue weighted by Gasteiger charge is 2.33. The summed E-state index contributed by atoms with van der Waals surface area (Å²) in [5.41, 5.74) is 2.20. The monoisotopic (exact) mass is 411 g/mol. The minimum absolute atomic E-state index is 0.0479. The van der Waals surface area contributed by atoms with Crippen LogP contribution >= 0.6 is 11.6 Å². The van der Waals surface area contributed by atoms with Crippen LogP contribution < -0.4 is 15.4 Å². The molecular formula is C20H18ClN5O3. The second-order valence-electron chi connectivity index (χ2n) is 6.67. The van der Waals surface area contributed by atoms with Gasteiger partial charge in [-0.25, -0.2) is 4.68 Å². The number of hydrogen-bond donors (Lipinski definition) is 2. The van der Waals surface area contributed by atoms with E-state index in [2.05, 4.69) is 20.7 Å². The molecule has 0 radical (unpaired) electrons. The number of ether oxygens (including phenoxy) is 1. The minimum atomic E-state index is -0.837. The Kier molecular flexibility index (Phi) is 4.94. The van der Waals surface area contributed by atoms with Gasteiger partial charge in [0, 0.05) is 5.56 Å². The summed E-state index contributed by atoms with van der Waals surface area (Å²) in [7, 11) is 1.58. The third-order valence-electron chi connectivity index (χ3n) is 4.59. The molecule has 1 aliphatic heterocycles. The Balaban J connectivity index is 1.63. The van der Waals surface area contributed by atoms with E-state index in [4.69, 9.17) is 16.3 Å². The van der Waals surface area contributed by atoms with Crippen LogP contribution in [-0.2, 0) is 9.59 Å². The fourth-order valence-electron chi connectivity index (χ4n) is 3.07. The summed E-state index contributed by atoms with van der Waals surface area (Å²) in [6.45, 7) is 1.91. The number of methoxy groups -OCH3 is 1. The Bertz CT molecular complexity index is 1090. The van der Waals surface area contributed by atoms with Crippen molar-refractivity contribution >= 4 is 35.1 Å². The van der Waals surface area contributed by atoms with Gasteiger partial charge in [0.25, 0.3) is 0 Å². The summed E-state index contributed by atoms with van der Waals surface area (Å²) in [6, 6.07) is 11.7. The zero-order valence-electron chi connectivity index (χ0n) is 15.8. The van der Waals surface area contributed by atoms with E-state index in [1.807, 2.05) is 25.1 Å². The molecule has 2 heterocycles. The number of aryl methyl sites for hydroxylation is 1. The van der Waals surface area contributed by atoms with Crippen LogP contribution in [0, 0.1) is 6.92 Å². The van der Waals surface area contributed by atoms with Crippen molar-refractivity contribution in [3.8, 4) is 17.1 Å². The largest absolute Gasteiger partial charge is 0.497 e. The van der Waals surface area contributed by atoms with Crippen LogP contribution in [-0.4, -0.2) is 33.7 Å². The number of nitrogens with one attached hydrogen (secondary N) is 2. The normalized spacial score (nSPS) is 15.4. The molecule has 148 valence electrons. The third kappa shape index (κ3) is 3.79. The van der Waals surface area contributed by atoms with Crippen molar-refractivity contribution in [1.82, 2.24) is 14.8 Å². The number of carbonyl (C=O) groups excluding carboxylic acids is 2. The number of aromatic nitrogens is 3. The first kappa shape index (κ1) is 18.9. The highest BCUT2D eigenvalue weighted by Crippen LogP contribution is 2.29. The van der Waals surface area contributed by atoms with Gasteiger partial charge in [-0.1, -0.05) is 17.7 Å². The van der Waals surface area contributed by atoms with Gasteiger partial charge in [-0.05, 0) is 48.9 Å². The van der Waals surface area contributed by atoms with Gasteiger partial charge in [0.15, 0.2) is 5.82 Å². The van der Waals surface area contributed by atoms with Gasteiger partial charge in [-0.3, -0.25) is 14.9 Å². The Morgan fingerprint density at radius 3 is 2.72 bits per heavy atom. The first-order chi connectivity index (χ1) is 13.9. The van der Waals surface area contributed by atoms with E-state index in [9.17, 15) is 9.59 Å². The number of hydrogen-bond acceptors (Lipinski definition) is 5. The van der Waals surface area contributed by atoms with Crippen LogP contribution in [0.3, 0.4) is 0 Å². The Labute approximate surface area is 171 Å². The van der Waals surface area contributed by atoms with Crippen molar-refractivity contribution in [2.75, 3.05) is 17.7 Å². The maximum atomic E-state index is 12.9. The molecule has 0 spiro atoms. The lowest BCUT2D eigenvalue weighted by Crippen LogP contribution is -2.36. The van der Waals surface area contributed by atoms with E-state index < -0.39 is 11.9 Å². The van der Waals surface area contributed by atoms with Crippen LogP contribution in [0.5, 0.6) is 5.75 Å². The topological polar surface area (TPSA) is 98.1 Å². The molecule has 0 unspecified atom stereocenters. The molecule has 9 heteroatoms. The van der Waals surface area contributed by atoms with E-state index in [0.29, 0.717) is 22.3 Å². The number of rotatable bonds is 4. The number of anilines is 2. The van der Waals surface area contributed by atoms with E-state index in [1.165, 1.54) is 4.68 Å². The standard InChI is InChI=1S/C20H18ClN5O3/c1-11-3-8-15(14(21)9-11)22-19(28)16-10-17(27)23-20-24-18(25-26(16)20)12-4-6-13(29-2)7-5-12/h3-9,16H,10H2,1-2H3,(H,22,28)(H,23,24,25,27)/t16-/m1/s1. The van der Waals surface area contributed by atoms with Gasteiger partial charge in [0.2, 0.25) is 17.8 Å². The molecule has 8 nitrogen and oxygen atoms in total. The highest BCUT2D eigenvalue weighted by atomic mass is 35.5. The van der Waals surface area contributed by atoms with E-state index in [-0.39, 0.29) is 18.3 Å². The van der Waals surface area contributed by atoms with Crippen molar-refractivity contribution in [2.45, 2.75) is 19.4 Å². The number of nitrogens with zero attached hydrogens (tertiary/aromatic N) is 3. The summed E-state index contributed by atoms with van der Waals surface area (Å²) in [5, 5.41) is 10.3. The number of halogens is 1. The summed E-state index contributed by atoms with van der Waals surface area (Å²) in [4.78, 5) is 29.4. The van der Waals surface area contributed by atoms with Gasteiger partial charge in [0.1, 0.15) is 11.8 Å². The average molecular weight is 412 g/mol. The second kappa shape index (κ2) is 7.56. The maximum absolute atomic E-state index is 12.9. The van der Waals surface area contributed by atoms with Crippen LogP contribution in [0.4, 0.5) is 11.6 Å². The Morgan fingerprint density at radius 2 is 2.03 bits per heavy atom. The summed E-state index contributed by atoms with van der Waals surface area (Å²) >= 11 is 6.21. The Morgan fingerprint density at radius 1 is 1.28 bits per heavy atom. The van der Waals surface area contributed by atoms with E-state index in [1.54, 1.807) is 31.4 Å². The molecular weight excluding hydrogens is 394 g/mol. The number of amides is 2. The van der Waals surface area contributed by atoms with Crippen LogP contribution in [0.1, 0.15) is 18.0 Å². The molecule has 0 saturated heterocycles. The first-order valence-corrected chi connectivity index (χ1v) is 9.30. The lowest BCUT2D eigenvalue weighted by atomic mass is 10.1. The molecule has 29 heavy (non-hydrogen) atoms. The molecule has 1 aromatic heterocycles. The smallest absolute Gasteiger partial charge is 0.249 e. The summed E-state index contributed by atoms with van der Waals surface area (Å²) in [6.07, 6.45) is -0.0479. The van der Waals surface area contributed by atoms with Crippen molar-refractivity contribution in [1.29, 1.82) is 0 Å². The Hall–Kier alpha value is -3.39. The van der Waals surface area contributed by atoms with Crippen molar-refractivity contribution in [3.63, 3.8) is 0 Å². The lowest BCUT2D eigenvalue weighted by Gasteiger charge is -2.22. The van der Waals surface area contributed by atoms with Crippen molar-refractivity contribution in [2.24, 2.45) is 0 Å². The minimum Gasteiger partial charge on any atom is -0.497 e. The zero-order chi connectivity index (χ0) is 20.5. The molecule has 0 fully saturated rings. The highest BCUT2D eigenvalue weighted by molar-refractivity contribution is 6.33. The summed E-state index contributed by atoms with van der Waals surface area (Å²) < 4.78 is 6.58. The third-order valence-corrected chi connectivity index (χ3v) is 4.90. The average Bonchev–Trinajstić information content (AvgIpc) is 3.13. The van der Waals surface area contributed by atoms with Gasteiger partial charge >= 0.3 is 0 Å².